The molecule has 0 aromatic heterocycles. The first-order valence-electron chi connectivity index (χ1n) is 3.73. The van der Waals surface area contributed by atoms with Crippen LogP contribution in [0.3, 0.4) is 0 Å². The van der Waals surface area contributed by atoms with Gasteiger partial charge in [0.1, 0.15) is 0 Å². The molecule has 1 unspecified atom stereocenters. The van der Waals surface area contributed by atoms with E-state index in [1.807, 2.05) is 13.2 Å². The second-order valence-electron chi connectivity index (χ2n) is 3.05. The smallest absolute Gasteiger partial charge is 0.0833 e. The summed E-state index contributed by atoms with van der Waals surface area (Å²) in [6.07, 6.45) is 1.98. The molecule has 0 aliphatic heterocycles. The fourth-order valence-electron chi connectivity index (χ4n) is 0.829. The van der Waals surface area contributed by atoms with Crippen molar-refractivity contribution in [1.82, 2.24) is 5.32 Å². The molecule has 0 aliphatic carbocycles. The van der Waals surface area contributed by atoms with E-state index in [4.69, 9.17) is 0 Å². The Kier molecular flexibility index (Phi) is 6.27. The maximum Gasteiger partial charge on any atom is 0.0833 e. The van der Waals surface area contributed by atoms with Gasteiger partial charge in [0, 0.05) is 23.3 Å². The highest BCUT2D eigenvalue weighted by Gasteiger charge is 2.18. The highest BCUT2D eigenvalue weighted by atomic mass is 79.9. The Labute approximate surface area is 86.9 Å². The Morgan fingerprint density at radius 2 is 2.33 bits per heavy atom. The van der Waals surface area contributed by atoms with Crippen molar-refractivity contribution in [3.05, 3.63) is 11.1 Å². The SMILES string of the molecule is C=C(Br)CNCC(C)(O)CSC. The number of hydrogen-bond donors (Lipinski definition) is 2. The van der Waals surface area contributed by atoms with Gasteiger partial charge < -0.3 is 10.4 Å². The van der Waals surface area contributed by atoms with E-state index in [9.17, 15) is 5.11 Å². The molecule has 0 saturated carbocycles. The van der Waals surface area contributed by atoms with Crippen molar-refractivity contribution in [1.29, 1.82) is 0 Å². The Bertz CT molecular complexity index is 150. The predicted octanol–water partition coefficient (Wildman–Crippen LogP) is 1.60. The van der Waals surface area contributed by atoms with Crippen LogP contribution in [0.2, 0.25) is 0 Å². The van der Waals surface area contributed by atoms with Gasteiger partial charge in [-0.25, -0.2) is 0 Å². The van der Waals surface area contributed by atoms with Gasteiger partial charge in [-0.3, -0.25) is 0 Å². The molecular weight excluding hydrogens is 238 g/mol. The van der Waals surface area contributed by atoms with Crippen molar-refractivity contribution in [3.63, 3.8) is 0 Å². The minimum atomic E-state index is -0.623. The maximum absolute atomic E-state index is 9.70. The molecule has 0 aromatic rings. The zero-order valence-corrected chi connectivity index (χ0v) is 9.96. The third-order valence-corrected chi connectivity index (χ3v) is 2.47. The number of thioether (sulfide) groups is 1. The zero-order valence-electron chi connectivity index (χ0n) is 7.56. The van der Waals surface area contributed by atoms with Crippen LogP contribution < -0.4 is 5.32 Å². The summed E-state index contributed by atoms with van der Waals surface area (Å²) < 4.78 is 0.905. The summed E-state index contributed by atoms with van der Waals surface area (Å²) in [5.74, 6) is 0.745. The first-order valence-corrected chi connectivity index (χ1v) is 5.92. The summed E-state index contributed by atoms with van der Waals surface area (Å²) in [7, 11) is 0. The van der Waals surface area contributed by atoms with Gasteiger partial charge in [-0.2, -0.15) is 11.8 Å². The fourth-order valence-corrected chi connectivity index (χ4v) is 1.75. The van der Waals surface area contributed by atoms with Crippen LogP contribution in [0.5, 0.6) is 0 Å². The maximum atomic E-state index is 9.70. The second kappa shape index (κ2) is 6.02. The first-order chi connectivity index (χ1) is 5.48. The molecule has 4 heteroatoms. The van der Waals surface area contributed by atoms with Crippen molar-refractivity contribution in [2.75, 3.05) is 25.1 Å². The van der Waals surface area contributed by atoms with Gasteiger partial charge in [-0.1, -0.05) is 22.5 Å². The van der Waals surface area contributed by atoms with Crippen LogP contribution in [-0.2, 0) is 0 Å². The van der Waals surface area contributed by atoms with E-state index in [-0.39, 0.29) is 0 Å². The topological polar surface area (TPSA) is 32.3 Å². The summed E-state index contributed by atoms with van der Waals surface area (Å²) in [6.45, 7) is 6.81. The standard InChI is InChI=1S/C8H16BrNOS/c1-7(9)4-10-5-8(2,11)6-12-3/h10-11H,1,4-6H2,2-3H3. The van der Waals surface area contributed by atoms with Crippen LogP contribution in [-0.4, -0.2) is 35.8 Å². The van der Waals surface area contributed by atoms with E-state index in [1.54, 1.807) is 11.8 Å². The molecule has 0 rings (SSSR count). The molecule has 0 radical (unpaired) electrons. The van der Waals surface area contributed by atoms with Crippen LogP contribution in [0.4, 0.5) is 0 Å². The Morgan fingerprint density at radius 1 is 1.75 bits per heavy atom. The third-order valence-electron chi connectivity index (χ3n) is 1.28. The largest absolute Gasteiger partial charge is 0.388 e. The highest BCUT2D eigenvalue weighted by Crippen LogP contribution is 2.09. The van der Waals surface area contributed by atoms with Crippen LogP contribution in [0.25, 0.3) is 0 Å². The van der Waals surface area contributed by atoms with Crippen molar-refractivity contribution >= 4 is 27.7 Å². The summed E-state index contributed by atoms with van der Waals surface area (Å²) in [5, 5.41) is 12.8. The molecule has 0 amide bonds. The number of rotatable bonds is 6. The number of aliphatic hydroxyl groups is 1. The summed E-state index contributed by atoms with van der Waals surface area (Å²) in [5.41, 5.74) is -0.623. The van der Waals surface area contributed by atoms with Crippen LogP contribution in [0.15, 0.2) is 11.1 Å². The summed E-state index contributed by atoms with van der Waals surface area (Å²) in [6, 6.07) is 0. The molecule has 0 fully saturated rings. The van der Waals surface area contributed by atoms with E-state index < -0.39 is 5.60 Å². The molecule has 0 aliphatic rings. The molecule has 0 bridgehead atoms. The van der Waals surface area contributed by atoms with Gasteiger partial charge in [-0.05, 0) is 13.2 Å². The zero-order chi connectivity index (χ0) is 9.61. The average molecular weight is 254 g/mol. The molecule has 72 valence electrons. The van der Waals surface area contributed by atoms with Gasteiger partial charge in [0.2, 0.25) is 0 Å². The van der Waals surface area contributed by atoms with Crippen LogP contribution in [0, 0.1) is 0 Å². The lowest BCUT2D eigenvalue weighted by atomic mass is 10.1. The van der Waals surface area contributed by atoms with Crippen molar-refractivity contribution in [3.8, 4) is 0 Å². The summed E-state index contributed by atoms with van der Waals surface area (Å²) >= 11 is 4.88. The lowest BCUT2D eigenvalue weighted by Gasteiger charge is -2.22. The second-order valence-corrected chi connectivity index (χ2v) is 5.04. The van der Waals surface area contributed by atoms with E-state index >= 15 is 0 Å². The van der Waals surface area contributed by atoms with E-state index in [0.717, 1.165) is 10.2 Å². The molecule has 2 N–H and O–H groups in total. The van der Waals surface area contributed by atoms with Gasteiger partial charge in [-0.15, -0.1) is 0 Å². The monoisotopic (exact) mass is 253 g/mol. The van der Waals surface area contributed by atoms with Crippen molar-refractivity contribution in [2.24, 2.45) is 0 Å². The van der Waals surface area contributed by atoms with Gasteiger partial charge in [0.15, 0.2) is 0 Å². The van der Waals surface area contributed by atoms with Crippen molar-refractivity contribution < 1.29 is 5.11 Å². The number of nitrogens with one attached hydrogen (secondary N) is 1. The summed E-state index contributed by atoms with van der Waals surface area (Å²) in [4.78, 5) is 0. The molecule has 0 saturated heterocycles. The third kappa shape index (κ3) is 7.16. The van der Waals surface area contributed by atoms with Gasteiger partial charge >= 0.3 is 0 Å². The number of hydrogen-bond acceptors (Lipinski definition) is 3. The molecule has 0 spiro atoms. The lowest BCUT2D eigenvalue weighted by Crippen LogP contribution is -2.40. The van der Waals surface area contributed by atoms with E-state index in [0.29, 0.717) is 13.1 Å². The predicted molar refractivity (Wildman–Crippen MR) is 59.9 cm³/mol. The van der Waals surface area contributed by atoms with Gasteiger partial charge in [0.25, 0.3) is 0 Å². The molecule has 2 nitrogen and oxygen atoms in total. The minimum Gasteiger partial charge on any atom is -0.388 e. The highest BCUT2D eigenvalue weighted by molar-refractivity contribution is 9.11. The number of halogens is 1. The Hall–Kier alpha value is 0.490. The fraction of sp³-hybridized carbons (Fsp3) is 0.750. The van der Waals surface area contributed by atoms with Crippen molar-refractivity contribution in [2.45, 2.75) is 12.5 Å². The van der Waals surface area contributed by atoms with Gasteiger partial charge in [0.05, 0.1) is 5.60 Å². The van der Waals surface area contributed by atoms with E-state index in [2.05, 4.69) is 27.8 Å². The Morgan fingerprint density at radius 3 is 2.75 bits per heavy atom. The first kappa shape index (κ1) is 12.5. The molecule has 1 atom stereocenters. The average Bonchev–Trinajstić information content (AvgIpc) is 1.85. The molecule has 12 heavy (non-hydrogen) atoms. The quantitative estimate of drug-likeness (QED) is 0.755. The normalized spacial score (nSPS) is 15.7. The van der Waals surface area contributed by atoms with Crippen LogP contribution >= 0.6 is 27.7 Å². The van der Waals surface area contributed by atoms with E-state index in [1.165, 1.54) is 0 Å². The minimum absolute atomic E-state index is 0.596. The molecule has 0 aromatic carbocycles. The molecular formula is C8H16BrNOS. The molecule has 0 heterocycles. The lowest BCUT2D eigenvalue weighted by molar-refractivity contribution is 0.0860. The Balaban J connectivity index is 3.53. The van der Waals surface area contributed by atoms with Crippen LogP contribution in [0.1, 0.15) is 6.92 Å².